The minimum absolute atomic E-state index is 0.0247. The van der Waals surface area contributed by atoms with Crippen LogP contribution in [-0.2, 0) is 4.79 Å². The van der Waals surface area contributed by atoms with E-state index in [2.05, 4.69) is 20.5 Å². The van der Waals surface area contributed by atoms with E-state index in [1.165, 1.54) is 10.8 Å². The second kappa shape index (κ2) is 8.51. The van der Waals surface area contributed by atoms with E-state index in [9.17, 15) is 9.59 Å². The average Bonchev–Trinajstić information content (AvgIpc) is 3.19. The number of rotatable bonds is 5. The Hall–Kier alpha value is -2.81. The Morgan fingerprint density at radius 2 is 2.00 bits per heavy atom. The molecular formula is C20H15Cl2N5O2S. The van der Waals surface area contributed by atoms with Crippen molar-refractivity contribution in [2.24, 2.45) is 0 Å². The van der Waals surface area contributed by atoms with Gasteiger partial charge >= 0.3 is 0 Å². The molecule has 0 aliphatic heterocycles. The summed E-state index contributed by atoms with van der Waals surface area (Å²) in [6.45, 7) is 1.88. The zero-order valence-electron chi connectivity index (χ0n) is 15.6. The lowest BCUT2D eigenvalue weighted by molar-refractivity contribution is -0.113. The molecule has 2 aromatic carbocycles. The third kappa shape index (κ3) is 4.07. The van der Waals surface area contributed by atoms with Gasteiger partial charge in [0.25, 0.3) is 5.56 Å². The SMILES string of the molecule is Cc1ccc(-n2c(SCC(=O)Nc3ccccc3Cl)nc3[nH]ncc3c2=O)cc1Cl. The summed E-state index contributed by atoms with van der Waals surface area (Å²) in [6.07, 6.45) is 1.43. The van der Waals surface area contributed by atoms with Crippen LogP contribution in [0.5, 0.6) is 0 Å². The van der Waals surface area contributed by atoms with E-state index in [1.807, 2.05) is 13.0 Å². The van der Waals surface area contributed by atoms with Crippen LogP contribution < -0.4 is 10.9 Å². The van der Waals surface area contributed by atoms with Gasteiger partial charge in [-0.2, -0.15) is 5.10 Å². The molecule has 0 unspecified atom stereocenters. The number of aromatic amines is 1. The molecule has 0 atom stereocenters. The molecule has 0 radical (unpaired) electrons. The smallest absolute Gasteiger partial charge is 0.269 e. The molecule has 1 amide bonds. The van der Waals surface area contributed by atoms with Gasteiger partial charge in [-0.15, -0.1) is 0 Å². The lowest BCUT2D eigenvalue weighted by Crippen LogP contribution is -2.22. The van der Waals surface area contributed by atoms with Crippen LogP contribution in [0.4, 0.5) is 5.69 Å². The van der Waals surface area contributed by atoms with Crippen LogP contribution in [-0.4, -0.2) is 31.4 Å². The zero-order valence-corrected chi connectivity index (χ0v) is 18.0. The van der Waals surface area contributed by atoms with Crippen LogP contribution in [0.15, 0.2) is 58.6 Å². The molecule has 2 heterocycles. The fourth-order valence-electron chi connectivity index (χ4n) is 2.80. The van der Waals surface area contributed by atoms with E-state index in [0.29, 0.717) is 37.6 Å². The van der Waals surface area contributed by atoms with Crippen molar-refractivity contribution in [1.82, 2.24) is 19.7 Å². The van der Waals surface area contributed by atoms with Crippen molar-refractivity contribution in [3.63, 3.8) is 0 Å². The number of para-hydroxylation sites is 1. The van der Waals surface area contributed by atoms with E-state index >= 15 is 0 Å². The van der Waals surface area contributed by atoms with Crippen LogP contribution in [0.3, 0.4) is 0 Å². The number of nitrogens with zero attached hydrogens (tertiary/aromatic N) is 3. The number of fused-ring (bicyclic) bond motifs is 1. The van der Waals surface area contributed by atoms with Gasteiger partial charge in [-0.05, 0) is 36.8 Å². The number of halogens is 2. The van der Waals surface area contributed by atoms with Crippen molar-refractivity contribution < 1.29 is 4.79 Å². The molecule has 0 spiro atoms. The lowest BCUT2D eigenvalue weighted by Gasteiger charge is -2.13. The van der Waals surface area contributed by atoms with Gasteiger partial charge in [0.2, 0.25) is 5.91 Å². The summed E-state index contributed by atoms with van der Waals surface area (Å²) in [7, 11) is 0. The summed E-state index contributed by atoms with van der Waals surface area (Å²) in [4.78, 5) is 30.0. The number of carbonyl (C=O) groups is 1. The second-order valence-corrected chi connectivity index (χ2v) is 8.17. The number of hydrogen-bond acceptors (Lipinski definition) is 5. The molecule has 2 N–H and O–H groups in total. The van der Waals surface area contributed by atoms with Crippen LogP contribution >= 0.6 is 35.0 Å². The standard InChI is InChI=1S/C20H15Cl2N5O2S/c1-11-6-7-12(8-15(11)22)27-19(29)13-9-23-26-18(13)25-20(27)30-10-17(28)24-16-5-3-2-4-14(16)21/h2-9H,10H2,1H3,(H,23,26)(H,24,28). The second-order valence-electron chi connectivity index (χ2n) is 6.42. The number of hydrogen-bond donors (Lipinski definition) is 2. The maximum atomic E-state index is 13.1. The third-order valence-electron chi connectivity index (χ3n) is 4.35. The van der Waals surface area contributed by atoms with E-state index in [-0.39, 0.29) is 17.2 Å². The molecule has 0 fully saturated rings. The first-order chi connectivity index (χ1) is 14.4. The highest BCUT2D eigenvalue weighted by Gasteiger charge is 2.17. The first kappa shape index (κ1) is 20.5. The van der Waals surface area contributed by atoms with Crippen molar-refractivity contribution in [2.75, 3.05) is 11.1 Å². The van der Waals surface area contributed by atoms with E-state index in [4.69, 9.17) is 23.2 Å². The summed E-state index contributed by atoms with van der Waals surface area (Å²) in [5.74, 6) is -0.253. The molecular weight excluding hydrogens is 445 g/mol. The van der Waals surface area contributed by atoms with Gasteiger partial charge in [0.05, 0.1) is 28.3 Å². The zero-order chi connectivity index (χ0) is 21.3. The number of aryl methyl sites for hydroxylation is 1. The Morgan fingerprint density at radius 3 is 2.77 bits per heavy atom. The molecule has 0 aliphatic carbocycles. The van der Waals surface area contributed by atoms with E-state index in [0.717, 1.165) is 17.3 Å². The van der Waals surface area contributed by atoms with Gasteiger partial charge in [-0.25, -0.2) is 4.98 Å². The largest absolute Gasteiger partial charge is 0.324 e. The van der Waals surface area contributed by atoms with Gasteiger partial charge in [0, 0.05) is 5.02 Å². The fraction of sp³-hybridized carbons (Fsp3) is 0.100. The van der Waals surface area contributed by atoms with E-state index in [1.54, 1.807) is 36.4 Å². The van der Waals surface area contributed by atoms with Crippen molar-refractivity contribution >= 4 is 57.6 Å². The molecule has 0 saturated carbocycles. The number of carbonyl (C=O) groups excluding carboxylic acids is 1. The van der Waals surface area contributed by atoms with Crippen molar-refractivity contribution in [1.29, 1.82) is 0 Å². The normalized spacial score (nSPS) is 11.0. The van der Waals surface area contributed by atoms with Gasteiger partial charge in [0.1, 0.15) is 5.39 Å². The topological polar surface area (TPSA) is 92.7 Å². The Kier molecular flexibility index (Phi) is 5.80. The maximum Gasteiger partial charge on any atom is 0.269 e. The number of anilines is 1. The number of nitrogens with one attached hydrogen (secondary N) is 2. The molecule has 0 saturated heterocycles. The van der Waals surface area contributed by atoms with Gasteiger partial charge in [-0.1, -0.05) is 53.2 Å². The molecule has 0 aliphatic rings. The molecule has 4 aromatic rings. The molecule has 4 rings (SSSR count). The summed E-state index contributed by atoms with van der Waals surface area (Å²) in [5, 5.41) is 11.0. The molecule has 7 nitrogen and oxygen atoms in total. The minimum Gasteiger partial charge on any atom is -0.324 e. The van der Waals surface area contributed by atoms with Crippen molar-refractivity contribution in [3.8, 4) is 5.69 Å². The summed E-state index contributed by atoms with van der Waals surface area (Å²) < 4.78 is 1.43. The quantitative estimate of drug-likeness (QED) is 0.339. The predicted octanol–water partition coefficient (Wildman–Crippen LogP) is 4.45. The Labute approximate surface area is 185 Å². The first-order valence-corrected chi connectivity index (χ1v) is 10.6. The predicted molar refractivity (Wildman–Crippen MR) is 120 cm³/mol. The number of amides is 1. The van der Waals surface area contributed by atoms with E-state index < -0.39 is 0 Å². The Bertz CT molecular complexity index is 1320. The van der Waals surface area contributed by atoms with Crippen LogP contribution in [0.2, 0.25) is 10.0 Å². The monoisotopic (exact) mass is 459 g/mol. The van der Waals surface area contributed by atoms with Crippen LogP contribution in [0, 0.1) is 6.92 Å². The summed E-state index contributed by atoms with van der Waals surface area (Å²) in [6, 6.07) is 12.3. The number of benzene rings is 2. The molecule has 10 heteroatoms. The lowest BCUT2D eigenvalue weighted by atomic mass is 10.2. The van der Waals surface area contributed by atoms with Gasteiger partial charge in [0.15, 0.2) is 10.8 Å². The molecule has 30 heavy (non-hydrogen) atoms. The maximum absolute atomic E-state index is 13.1. The summed E-state index contributed by atoms with van der Waals surface area (Å²) in [5.41, 5.74) is 2.01. The molecule has 0 bridgehead atoms. The third-order valence-corrected chi connectivity index (χ3v) is 6.02. The summed E-state index contributed by atoms with van der Waals surface area (Å²) >= 11 is 13.5. The van der Waals surface area contributed by atoms with Crippen LogP contribution in [0.1, 0.15) is 5.56 Å². The first-order valence-electron chi connectivity index (χ1n) is 8.84. The van der Waals surface area contributed by atoms with Gasteiger partial charge < -0.3 is 5.32 Å². The Balaban J connectivity index is 1.67. The van der Waals surface area contributed by atoms with Crippen LogP contribution in [0.25, 0.3) is 16.7 Å². The highest BCUT2D eigenvalue weighted by molar-refractivity contribution is 7.99. The fourth-order valence-corrected chi connectivity index (χ4v) is 3.96. The van der Waals surface area contributed by atoms with Crippen molar-refractivity contribution in [3.05, 3.63) is 74.6 Å². The number of H-pyrrole nitrogens is 1. The number of thioether (sulfide) groups is 1. The van der Waals surface area contributed by atoms with Gasteiger partial charge in [-0.3, -0.25) is 19.3 Å². The number of aromatic nitrogens is 4. The van der Waals surface area contributed by atoms with Crippen molar-refractivity contribution in [2.45, 2.75) is 12.1 Å². The Morgan fingerprint density at radius 1 is 1.20 bits per heavy atom. The highest BCUT2D eigenvalue weighted by Crippen LogP contribution is 2.25. The highest BCUT2D eigenvalue weighted by atomic mass is 35.5. The molecule has 2 aromatic heterocycles. The molecule has 152 valence electrons. The minimum atomic E-state index is -0.303. The average molecular weight is 460 g/mol.